The van der Waals surface area contributed by atoms with Crippen LogP contribution in [-0.2, 0) is 10.9 Å². The number of aromatic nitrogens is 6. The third kappa shape index (κ3) is 4.59. The van der Waals surface area contributed by atoms with Crippen molar-refractivity contribution in [1.82, 2.24) is 29.5 Å². The molecule has 0 amide bonds. The summed E-state index contributed by atoms with van der Waals surface area (Å²) in [5, 5.41) is 39.6. The van der Waals surface area contributed by atoms with Gasteiger partial charge in [0.2, 0.25) is 0 Å². The zero-order chi connectivity index (χ0) is 24.1. The van der Waals surface area contributed by atoms with Gasteiger partial charge in [0.25, 0.3) is 0 Å². The molecule has 3 aromatic rings. The van der Waals surface area contributed by atoms with Crippen LogP contribution in [-0.4, -0.2) is 69.8 Å². The van der Waals surface area contributed by atoms with E-state index in [0.29, 0.717) is 0 Å². The van der Waals surface area contributed by atoms with E-state index >= 15 is 0 Å². The first-order chi connectivity index (χ1) is 15.5. The topological polar surface area (TPSA) is 131 Å². The summed E-state index contributed by atoms with van der Waals surface area (Å²) in [4.78, 5) is 7.58. The van der Waals surface area contributed by atoms with Crippen molar-refractivity contribution in [2.24, 2.45) is 0 Å². The van der Waals surface area contributed by atoms with Gasteiger partial charge >= 0.3 is 6.18 Å². The molecule has 4 heterocycles. The van der Waals surface area contributed by atoms with E-state index in [4.69, 9.17) is 16.3 Å². The van der Waals surface area contributed by atoms with E-state index in [9.17, 15) is 28.5 Å². The predicted molar refractivity (Wildman–Crippen MR) is 115 cm³/mol. The molecule has 0 aromatic carbocycles. The third-order valence-corrected chi connectivity index (χ3v) is 5.85. The molecule has 5 atom stereocenters. The van der Waals surface area contributed by atoms with Gasteiger partial charge in [0.1, 0.15) is 36.3 Å². The zero-order valence-electron chi connectivity index (χ0n) is 16.7. The Morgan fingerprint density at radius 1 is 1.24 bits per heavy atom. The zero-order valence-corrected chi connectivity index (χ0v) is 19.6. The Morgan fingerprint density at radius 3 is 2.58 bits per heavy atom. The fraction of sp³-hybridized carbons (Fsp3) is 0.444. The van der Waals surface area contributed by atoms with Gasteiger partial charge in [0, 0.05) is 12.4 Å². The van der Waals surface area contributed by atoms with Gasteiger partial charge < -0.3 is 20.1 Å². The lowest BCUT2D eigenvalue weighted by molar-refractivity contribution is -0.210. The fourth-order valence-corrected chi connectivity index (χ4v) is 4.27. The molecular weight excluding hydrogens is 584 g/mol. The van der Waals surface area contributed by atoms with Crippen LogP contribution in [0.1, 0.15) is 29.5 Å². The van der Waals surface area contributed by atoms with Gasteiger partial charge in [-0.25, -0.2) is 14.6 Å². The second kappa shape index (κ2) is 9.07. The minimum Gasteiger partial charge on any atom is -0.394 e. The second-order valence-corrected chi connectivity index (χ2v) is 9.02. The molecule has 3 N–H and O–H groups in total. The van der Waals surface area contributed by atoms with Crippen LogP contribution < -0.4 is 0 Å². The Bertz CT molecular complexity index is 1160. The number of nitrogens with zero attached hydrogens (tertiary/aromatic N) is 6. The first kappa shape index (κ1) is 24.3. The summed E-state index contributed by atoms with van der Waals surface area (Å²) in [6.45, 7) is 0.824. The quantitative estimate of drug-likeness (QED) is 0.387. The molecule has 0 bridgehead atoms. The number of ether oxygens (including phenoxy) is 1. The molecule has 10 nitrogen and oxygen atoms in total. The highest BCUT2D eigenvalue weighted by Crippen LogP contribution is 2.40. The monoisotopic (exact) mass is 600 g/mol. The molecule has 0 spiro atoms. The Kier molecular flexibility index (Phi) is 6.67. The Morgan fingerprint density at radius 2 is 1.97 bits per heavy atom. The average Bonchev–Trinajstić information content (AvgIpc) is 3.33. The van der Waals surface area contributed by atoms with Crippen LogP contribution in [0.3, 0.4) is 0 Å². The molecule has 1 fully saturated rings. The summed E-state index contributed by atoms with van der Waals surface area (Å²) >= 11 is 7.90. The van der Waals surface area contributed by atoms with Gasteiger partial charge in [-0.3, -0.25) is 4.68 Å². The van der Waals surface area contributed by atoms with E-state index in [0.717, 1.165) is 20.5 Å². The third-order valence-electron chi connectivity index (χ3n) is 5.09. The minimum absolute atomic E-state index is 0.0742. The van der Waals surface area contributed by atoms with E-state index in [2.05, 4.69) is 20.2 Å². The van der Waals surface area contributed by atoms with Crippen molar-refractivity contribution in [3.05, 3.63) is 50.6 Å². The van der Waals surface area contributed by atoms with Crippen molar-refractivity contribution >= 4 is 34.2 Å². The molecule has 0 aliphatic carbocycles. The number of hydrogen-bond donors (Lipinski definition) is 3. The van der Waals surface area contributed by atoms with Gasteiger partial charge in [-0.05, 0) is 35.6 Å². The molecule has 178 valence electrons. The van der Waals surface area contributed by atoms with Gasteiger partial charge in [0.05, 0.1) is 27.1 Å². The summed E-state index contributed by atoms with van der Waals surface area (Å²) in [6, 6.07) is -0.0647. The van der Waals surface area contributed by atoms with Crippen LogP contribution in [0.2, 0.25) is 5.02 Å². The molecule has 0 unspecified atom stereocenters. The normalized spacial score (nSPS) is 26.0. The smallest absolute Gasteiger partial charge is 0.394 e. The number of aryl methyl sites for hydroxylation is 1. The number of rotatable bonds is 4. The van der Waals surface area contributed by atoms with Crippen LogP contribution in [0.25, 0.3) is 5.69 Å². The van der Waals surface area contributed by atoms with Crippen LogP contribution in [0, 0.1) is 10.5 Å². The van der Waals surface area contributed by atoms with Crippen molar-refractivity contribution in [2.45, 2.75) is 43.6 Å². The van der Waals surface area contributed by atoms with Gasteiger partial charge in [-0.2, -0.15) is 23.4 Å². The molecule has 33 heavy (non-hydrogen) atoms. The molecule has 3 aromatic heterocycles. The highest BCUT2D eigenvalue weighted by Gasteiger charge is 2.48. The summed E-state index contributed by atoms with van der Waals surface area (Å²) in [5.74, 6) is -0.0995. The molecule has 1 saturated heterocycles. The largest absolute Gasteiger partial charge is 0.435 e. The lowest BCUT2D eigenvalue weighted by Gasteiger charge is -2.41. The van der Waals surface area contributed by atoms with Crippen LogP contribution in [0.15, 0.2) is 24.7 Å². The average molecular weight is 601 g/mol. The van der Waals surface area contributed by atoms with Gasteiger partial charge in [0.15, 0.2) is 11.5 Å². The van der Waals surface area contributed by atoms with Crippen molar-refractivity contribution in [1.29, 1.82) is 0 Å². The second-order valence-electron chi connectivity index (χ2n) is 7.34. The van der Waals surface area contributed by atoms with Crippen molar-refractivity contribution in [3.63, 3.8) is 0 Å². The van der Waals surface area contributed by atoms with Crippen LogP contribution in [0.4, 0.5) is 13.2 Å². The minimum atomic E-state index is -4.83. The number of alkyl halides is 3. The molecular formula is C18H17ClF3IN6O4. The molecule has 1 aliphatic rings. The summed E-state index contributed by atoms with van der Waals surface area (Å²) in [7, 11) is 0. The molecule has 0 saturated carbocycles. The van der Waals surface area contributed by atoms with E-state index < -0.39 is 54.6 Å². The predicted octanol–water partition coefficient (Wildman–Crippen LogP) is 1.84. The standard InChI is InChI=1S/C18H17ClF3IN6O4/c1-7-26-17(29(27-7)10-2-8(19)3-24-16(10)18(20,21)22)15-14(32)12(13(31)11(6-30)33-15)28-5-9(23)4-25-28/h2-5,11-15,30-32H,6H2,1H3/t11-,12+,13+,14-,15-/m1/s1. The maximum Gasteiger partial charge on any atom is 0.435 e. The van der Waals surface area contributed by atoms with E-state index in [-0.39, 0.29) is 16.7 Å². The lowest BCUT2D eigenvalue weighted by atomic mass is 9.92. The van der Waals surface area contributed by atoms with Crippen molar-refractivity contribution < 1.29 is 33.2 Å². The number of aliphatic hydroxyl groups excluding tert-OH is 3. The summed E-state index contributed by atoms with van der Waals surface area (Å²) in [5.41, 5.74) is -1.78. The molecule has 15 heteroatoms. The maximum atomic E-state index is 13.7. The molecule has 0 radical (unpaired) electrons. The maximum absolute atomic E-state index is 13.7. The number of pyridine rings is 1. The molecule has 4 rings (SSSR count). The van der Waals surface area contributed by atoms with Crippen LogP contribution >= 0.6 is 34.2 Å². The number of halogens is 5. The summed E-state index contributed by atoms with van der Waals surface area (Å²) < 4.78 is 49.5. The Labute approximate surface area is 203 Å². The van der Waals surface area contributed by atoms with Crippen molar-refractivity contribution in [3.8, 4) is 5.69 Å². The van der Waals surface area contributed by atoms with Gasteiger partial charge in [-0.15, -0.1) is 0 Å². The van der Waals surface area contributed by atoms with E-state index in [1.165, 1.54) is 17.8 Å². The molecule has 1 aliphatic heterocycles. The Hall–Kier alpha value is -1.85. The SMILES string of the molecule is Cc1nc([C@@H]2O[C@H](CO)[C@H](O)[C@H](n3cc(I)cn3)[C@H]2O)n(-c2cc(Cl)cnc2C(F)(F)F)n1. The first-order valence-corrected chi connectivity index (χ1v) is 11.0. The van der Waals surface area contributed by atoms with Gasteiger partial charge in [-0.1, -0.05) is 11.6 Å². The highest BCUT2D eigenvalue weighted by atomic mass is 127. The number of aliphatic hydroxyl groups is 3. The first-order valence-electron chi connectivity index (χ1n) is 9.50. The highest BCUT2D eigenvalue weighted by molar-refractivity contribution is 14.1. The lowest BCUT2D eigenvalue weighted by Crippen LogP contribution is -2.53. The Balaban J connectivity index is 1.85. The van der Waals surface area contributed by atoms with E-state index in [1.807, 2.05) is 22.6 Å². The summed E-state index contributed by atoms with van der Waals surface area (Å²) in [6.07, 6.45) is -6.35. The van der Waals surface area contributed by atoms with Crippen molar-refractivity contribution in [2.75, 3.05) is 6.61 Å². The van der Waals surface area contributed by atoms with Crippen LogP contribution in [0.5, 0.6) is 0 Å². The number of hydrogen-bond acceptors (Lipinski definition) is 8. The van der Waals surface area contributed by atoms with E-state index in [1.54, 1.807) is 6.20 Å². The fourth-order valence-electron chi connectivity index (χ4n) is 3.71.